The van der Waals surface area contributed by atoms with E-state index in [0.717, 1.165) is 28.8 Å². The summed E-state index contributed by atoms with van der Waals surface area (Å²) in [6.45, 7) is 1.76. The first-order valence-electron chi connectivity index (χ1n) is 8.30. The fourth-order valence-corrected chi connectivity index (χ4v) is 2.25. The molecule has 26 heavy (non-hydrogen) atoms. The molecular weight excluding hydrogens is 330 g/mol. The number of methoxy groups -OCH3 is 1. The van der Waals surface area contributed by atoms with Gasteiger partial charge in [-0.25, -0.2) is 9.97 Å². The van der Waals surface area contributed by atoms with Crippen LogP contribution in [-0.2, 0) is 6.54 Å². The van der Waals surface area contributed by atoms with Crippen molar-refractivity contribution in [2.45, 2.75) is 6.54 Å². The largest absolute Gasteiger partial charge is 0.497 e. The van der Waals surface area contributed by atoms with Gasteiger partial charge in [-0.15, -0.1) is 0 Å². The topological polar surface area (TPSA) is 81.2 Å². The standard InChI is InChI=1S/C19H21N5O2/c1-25-16-5-7-17(8-6-16)26-11-10-21-18-12-19(24-14-23-18)22-13-15-4-2-3-9-20-15/h2-9,12,14H,10-11,13H2,1H3,(H2,21,22,23,24). The summed E-state index contributed by atoms with van der Waals surface area (Å²) in [5.41, 5.74) is 0.952. The van der Waals surface area contributed by atoms with E-state index in [4.69, 9.17) is 9.47 Å². The van der Waals surface area contributed by atoms with Crippen molar-refractivity contribution in [2.75, 3.05) is 30.9 Å². The van der Waals surface area contributed by atoms with Crippen LogP contribution in [0.3, 0.4) is 0 Å². The number of pyridine rings is 1. The van der Waals surface area contributed by atoms with Gasteiger partial charge in [0.15, 0.2) is 0 Å². The van der Waals surface area contributed by atoms with E-state index in [1.165, 1.54) is 6.33 Å². The first kappa shape index (κ1) is 17.5. The third-order valence-corrected chi connectivity index (χ3v) is 3.58. The Morgan fingerprint density at radius 1 is 0.885 bits per heavy atom. The van der Waals surface area contributed by atoms with Crippen molar-refractivity contribution in [3.8, 4) is 11.5 Å². The highest BCUT2D eigenvalue weighted by Gasteiger charge is 2.00. The molecule has 7 nitrogen and oxygen atoms in total. The second kappa shape index (κ2) is 9.22. The van der Waals surface area contributed by atoms with Gasteiger partial charge in [0.25, 0.3) is 0 Å². The molecule has 0 amide bonds. The number of aromatic nitrogens is 3. The Kier molecular flexibility index (Phi) is 6.19. The molecule has 0 saturated heterocycles. The molecule has 0 aliphatic heterocycles. The number of anilines is 2. The Hall–Kier alpha value is -3.35. The summed E-state index contributed by atoms with van der Waals surface area (Å²) in [6, 6.07) is 15.2. The molecule has 1 aromatic carbocycles. The van der Waals surface area contributed by atoms with Crippen LogP contribution in [0.15, 0.2) is 61.1 Å². The molecule has 0 unspecified atom stereocenters. The van der Waals surface area contributed by atoms with Gasteiger partial charge in [-0.3, -0.25) is 4.98 Å². The number of hydrogen-bond donors (Lipinski definition) is 2. The number of nitrogens with one attached hydrogen (secondary N) is 2. The van der Waals surface area contributed by atoms with Crippen LogP contribution in [-0.4, -0.2) is 35.2 Å². The van der Waals surface area contributed by atoms with E-state index in [1.54, 1.807) is 13.3 Å². The lowest BCUT2D eigenvalue weighted by atomic mass is 10.3. The molecule has 2 heterocycles. The maximum atomic E-state index is 5.68. The molecule has 7 heteroatoms. The van der Waals surface area contributed by atoms with Crippen LogP contribution >= 0.6 is 0 Å². The third kappa shape index (κ3) is 5.34. The zero-order valence-corrected chi connectivity index (χ0v) is 14.6. The fraction of sp³-hybridized carbons (Fsp3) is 0.211. The average Bonchev–Trinajstić information content (AvgIpc) is 2.71. The van der Waals surface area contributed by atoms with Crippen LogP contribution < -0.4 is 20.1 Å². The second-order valence-electron chi connectivity index (χ2n) is 5.41. The molecule has 0 saturated carbocycles. The van der Waals surface area contributed by atoms with Gasteiger partial charge in [-0.05, 0) is 36.4 Å². The molecule has 0 radical (unpaired) electrons. The monoisotopic (exact) mass is 351 g/mol. The van der Waals surface area contributed by atoms with Gasteiger partial charge < -0.3 is 20.1 Å². The minimum absolute atomic E-state index is 0.521. The van der Waals surface area contributed by atoms with E-state index in [-0.39, 0.29) is 0 Å². The maximum absolute atomic E-state index is 5.68. The van der Waals surface area contributed by atoms with Gasteiger partial charge in [-0.1, -0.05) is 6.07 Å². The summed E-state index contributed by atoms with van der Waals surface area (Å²) in [7, 11) is 1.64. The molecule has 0 bridgehead atoms. The van der Waals surface area contributed by atoms with Gasteiger partial charge >= 0.3 is 0 Å². The smallest absolute Gasteiger partial charge is 0.131 e. The average molecular weight is 351 g/mol. The summed E-state index contributed by atoms with van der Waals surface area (Å²) < 4.78 is 10.8. The van der Waals surface area contributed by atoms with Crippen molar-refractivity contribution in [1.82, 2.24) is 15.0 Å². The zero-order valence-electron chi connectivity index (χ0n) is 14.6. The molecule has 3 rings (SSSR count). The third-order valence-electron chi connectivity index (χ3n) is 3.58. The number of benzene rings is 1. The molecule has 0 fully saturated rings. The van der Waals surface area contributed by atoms with Crippen LogP contribution in [0.5, 0.6) is 11.5 Å². The van der Waals surface area contributed by atoms with Crippen molar-refractivity contribution in [3.05, 3.63) is 66.7 Å². The number of nitrogens with zero attached hydrogens (tertiary/aromatic N) is 3. The minimum Gasteiger partial charge on any atom is -0.497 e. The highest BCUT2D eigenvalue weighted by Crippen LogP contribution is 2.17. The maximum Gasteiger partial charge on any atom is 0.131 e. The molecule has 2 N–H and O–H groups in total. The van der Waals surface area contributed by atoms with Crippen LogP contribution in [0.2, 0.25) is 0 Å². The molecule has 0 atom stereocenters. The minimum atomic E-state index is 0.521. The van der Waals surface area contributed by atoms with Crippen molar-refractivity contribution in [2.24, 2.45) is 0 Å². The normalized spacial score (nSPS) is 10.2. The Bertz CT molecular complexity index is 797. The molecule has 134 valence electrons. The fourth-order valence-electron chi connectivity index (χ4n) is 2.25. The summed E-state index contributed by atoms with van der Waals surface area (Å²) in [5.74, 6) is 3.08. The summed E-state index contributed by atoms with van der Waals surface area (Å²) in [4.78, 5) is 12.7. The van der Waals surface area contributed by atoms with E-state index in [1.807, 2.05) is 48.5 Å². The molecule has 0 aliphatic carbocycles. The Balaban J connectivity index is 1.43. The predicted octanol–water partition coefficient (Wildman–Crippen LogP) is 2.98. The van der Waals surface area contributed by atoms with Gasteiger partial charge in [0.05, 0.1) is 25.9 Å². The lowest BCUT2D eigenvalue weighted by Gasteiger charge is -2.10. The van der Waals surface area contributed by atoms with Crippen molar-refractivity contribution >= 4 is 11.6 Å². The van der Waals surface area contributed by atoms with Gasteiger partial charge in [0.2, 0.25) is 0 Å². The van der Waals surface area contributed by atoms with Crippen LogP contribution in [0.25, 0.3) is 0 Å². The number of ether oxygens (including phenoxy) is 2. The van der Waals surface area contributed by atoms with E-state index in [0.29, 0.717) is 19.7 Å². The molecular formula is C19H21N5O2. The van der Waals surface area contributed by atoms with Gasteiger partial charge in [0.1, 0.15) is 36.1 Å². The Morgan fingerprint density at radius 2 is 1.65 bits per heavy atom. The molecule has 0 spiro atoms. The van der Waals surface area contributed by atoms with Gasteiger partial charge in [-0.2, -0.15) is 0 Å². The lowest BCUT2D eigenvalue weighted by molar-refractivity contribution is 0.331. The van der Waals surface area contributed by atoms with E-state index in [2.05, 4.69) is 25.6 Å². The molecule has 0 aliphatic rings. The van der Waals surface area contributed by atoms with Crippen LogP contribution in [0.1, 0.15) is 5.69 Å². The summed E-state index contributed by atoms with van der Waals surface area (Å²) >= 11 is 0. The van der Waals surface area contributed by atoms with E-state index < -0.39 is 0 Å². The quantitative estimate of drug-likeness (QED) is 0.574. The van der Waals surface area contributed by atoms with E-state index >= 15 is 0 Å². The number of rotatable bonds is 9. The Morgan fingerprint density at radius 3 is 2.38 bits per heavy atom. The molecule has 3 aromatic rings. The first-order chi connectivity index (χ1) is 12.8. The SMILES string of the molecule is COc1ccc(OCCNc2cc(NCc3ccccn3)ncn2)cc1. The molecule has 2 aromatic heterocycles. The van der Waals surface area contributed by atoms with Crippen molar-refractivity contribution in [1.29, 1.82) is 0 Å². The highest BCUT2D eigenvalue weighted by atomic mass is 16.5. The van der Waals surface area contributed by atoms with Gasteiger partial charge in [0, 0.05) is 12.3 Å². The summed E-state index contributed by atoms with van der Waals surface area (Å²) in [5, 5.41) is 6.45. The predicted molar refractivity (Wildman–Crippen MR) is 101 cm³/mol. The van der Waals surface area contributed by atoms with Crippen LogP contribution in [0, 0.1) is 0 Å². The highest BCUT2D eigenvalue weighted by molar-refractivity contribution is 5.46. The first-order valence-corrected chi connectivity index (χ1v) is 8.30. The summed E-state index contributed by atoms with van der Waals surface area (Å²) in [6.07, 6.45) is 3.29. The lowest BCUT2D eigenvalue weighted by Crippen LogP contribution is -2.13. The van der Waals surface area contributed by atoms with Crippen molar-refractivity contribution in [3.63, 3.8) is 0 Å². The Labute approximate surface area is 152 Å². The number of hydrogen-bond acceptors (Lipinski definition) is 7. The zero-order chi connectivity index (χ0) is 18.0. The second-order valence-corrected chi connectivity index (χ2v) is 5.41. The van der Waals surface area contributed by atoms with E-state index in [9.17, 15) is 0 Å². The van der Waals surface area contributed by atoms with Crippen LogP contribution in [0.4, 0.5) is 11.6 Å². The van der Waals surface area contributed by atoms with Crippen molar-refractivity contribution < 1.29 is 9.47 Å².